The van der Waals surface area contributed by atoms with E-state index in [1.807, 2.05) is 31.6 Å². The monoisotopic (exact) mass is 298 g/mol. The van der Waals surface area contributed by atoms with Gasteiger partial charge in [0.05, 0.1) is 0 Å². The van der Waals surface area contributed by atoms with Crippen molar-refractivity contribution in [2.45, 2.75) is 6.42 Å². The van der Waals surface area contributed by atoms with Gasteiger partial charge in [-0.3, -0.25) is 0 Å². The normalized spacial score (nSPS) is 13.9. The van der Waals surface area contributed by atoms with Crippen LogP contribution in [-0.4, -0.2) is 34.8 Å². The van der Waals surface area contributed by atoms with Gasteiger partial charge in [-0.05, 0) is 0 Å². The molecule has 0 saturated carbocycles. The Bertz CT molecular complexity index is 639. The number of fused-ring (bicyclic) bond motifs is 1. The van der Waals surface area contributed by atoms with Crippen molar-refractivity contribution >= 4 is 32.8 Å². The molecule has 2 radical (unpaired) electrons. The third-order valence-electron chi connectivity index (χ3n) is 3.21. The zero-order chi connectivity index (χ0) is 12.7. The summed E-state index contributed by atoms with van der Waals surface area (Å²) in [5.74, 6) is 0.154. The molecule has 2 aromatic rings. The predicted molar refractivity (Wildman–Crippen MR) is 72.2 cm³/mol. The molecule has 18 heavy (non-hydrogen) atoms. The van der Waals surface area contributed by atoms with Gasteiger partial charge in [0.1, 0.15) is 0 Å². The van der Waals surface area contributed by atoms with Crippen LogP contribution in [0.4, 0.5) is 5.69 Å². The number of hydrogen-bond donors (Lipinski definition) is 0. The number of amides is 1. The van der Waals surface area contributed by atoms with E-state index in [2.05, 4.69) is 34.0 Å². The number of carbonyl (C=O) groups excluding carboxylic acids is 1. The van der Waals surface area contributed by atoms with E-state index >= 15 is 0 Å². The zero-order valence-corrected chi connectivity index (χ0v) is 11.8. The molecule has 2 heterocycles. The number of likely N-dealkylation sites (N-methyl/N-ethyl adjacent to an activating group) is 1. The molecule has 0 bridgehead atoms. The van der Waals surface area contributed by atoms with E-state index in [9.17, 15) is 4.79 Å². The summed E-state index contributed by atoms with van der Waals surface area (Å²) in [7, 11) is 1.82. The molecule has 0 spiro atoms. The number of nitrogens with zero attached hydrogens (tertiary/aromatic N) is 2. The Morgan fingerprint density at radius 3 is 2.83 bits per heavy atom. The second-order valence-electron chi connectivity index (χ2n) is 4.40. The summed E-state index contributed by atoms with van der Waals surface area (Å²) in [4.78, 5) is 17.5. The molecule has 3 rings (SSSR count). The molecule has 1 aliphatic rings. The first-order chi connectivity index (χ1) is 8.65. The van der Waals surface area contributed by atoms with Crippen molar-refractivity contribution in [3.63, 3.8) is 0 Å². The summed E-state index contributed by atoms with van der Waals surface area (Å²) < 4.78 is 1.08. The molecule has 0 saturated heterocycles. The first-order valence-corrected chi connectivity index (χ1v) is 6.63. The number of anilines is 1. The number of benzene rings is 1. The average molecular weight is 298 g/mol. The quantitative estimate of drug-likeness (QED) is 0.738. The predicted octanol–water partition coefficient (Wildman–Crippen LogP) is 1.06. The van der Waals surface area contributed by atoms with Crippen molar-refractivity contribution in [3.05, 3.63) is 42.2 Å². The van der Waals surface area contributed by atoms with Crippen LogP contribution in [0.5, 0.6) is 0 Å². The molecule has 1 aromatic carbocycles. The fourth-order valence-electron chi connectivity index (χ4n) is 2.24. The van der Waals surface area contributed by atoms with Crippen molar-refractivity contribution in [1.82, 2.24) is 4.98 Å². The number of rotatable bonds is 1. The third kappa shape index (κ3) is 1.85. The summed E-state index contributed by atoms with van der Waals surface area (Å²) in [6.07, 6.45) is 4.16. The first kappa shape index (κ1) is 11.5. The molecular weight excluding hydrogens is 287 g/mol. The SMILES string of the molecule is CN1C(=O)Cc2cc(-c3cncc([As])c3)ccc21. The molecule has 0 fully saturated rings. The van der Waals surface area contributed by atoms with Gasteiger partial charge in [-0.15, -0.1) is 0 Å². The summed E-state index contributed by atoms with van der Waals surface area (Å²) in [5, 5.41) is 0. The average Bonchev–Trinajstić information content (AvgIpc) is 2.65. The van der Waals surface area contributed by atoms with Crippen LogP contribution in [0.15, 0.2) is 36.7 Å². The van der Waals surface area contributed by atoms with Gasteiger partial charge in [-0.25, -0.2) is 0 Å². The number of carbonyl (C=O) groups is 1. The van der Waals surface area contributed by atoms with E-state index < -0.39 is 0 Å². The van der Waals surface area contributed by atoms with Crippen LogP contribution in [0.3, 0.4) is 0 Å². The van der Waals surface area contributed by atoms with Crippen molar-refractivity contribution in [3.8, 4) is 11.1 Å². The Kier molecular flexibility index (Phi) is 2.71. The molecule has 0 atom stereocenters. The zero-order valence-electron chi connectivity index (χ0n) is 9.92. The maximum atomic E-state index is 11.6. The van der Waals surface area contributed by atoms with Gasteiger partial charge in [-0.2, -0.15) is 0 Å². The van der Waals surface area contributed by atoms with Gasteiger partial charge in [0.15, 0.2) is 0 Å². The Labute approximate surface area is 114 Å². The van der Waals surface area contributed by atoms with E-state index in [4.69, 9.17) is 0 Å². The molecule has 88 valence electrons. The number of pyridine rings is 1. The molecule has 0 unspecified atom stereocenters. The topological polar surface area (TPSA) is 33.2 Å². The van der Waals surface area contributed by atoms with Gasteiger partial charge >= 0.3 is 114 Å². The molecule has 0 N–H and O–H groups in total. The van der Waals surface area contributed by atoms with Crippen LogP contribution in [0.2, 0.25) is 0 Å². The first-order valence-electron chi connectivity index (χ1n) is 5.69. The summed E-state index contributed by atoms with van der Waals surface area (Å²) in [5.41, 5.74) is 4.30. The van der Waals surface area contributed by atoms with Crippen molar-refractivity contribution < 1.29 is 4.79 Å². The van der Waals surface area contributed by atoms with Crippen molar-refractivity contribution in [2.24, 2.45) is 0 Å². The second kappa shape index (κ2) is 4.25. The molecule has 4 heteroatoms. The van der Waals surface area contributed by atoms with Crippen LogP contribution in [0.25, 0.3) is 11.1 Å². The Morgan fingerprint density at radius 1 is 1.22 bits per heavy atom. The molecule has 0 aliphatic carbocycles. The van der Waals surface area contributed by atoms with Gasteiger partial charge < -0.3 is 0 Å². The van der Waals surface area contributed by atoms with Crippen LogP contribution in [-0.2, 0) is 11.2 Å². The minimum absolute atomic E-state index is 0.154. The van der Waals surface area contributed by atoms with Gasteiger partial charge in [-0.1, -0.05) is 0 Å². The van der Waals surface area contributed by atoms with E-state index in [-0.39, 0.29) is 5.91 Å². The van der Waals surface area contributed by atoms with E-state index in [0.717, 1.165) is 26.7 Å². The van der Waals surface area contributed by atoms with Gasteiger partial charge in [0, 0.05) is 0 Å². The summed E-state index contributed by atoms with van der Waals surface area (Å²) >= 11 is 2.49. The number of aromatic nitrogens is 1. The Hall–Kier alpha value is -1.60. The number of hydrogen-bond acceptors (Lipinski definition) is 2. The van der Waals surface area contributed by atoms with E-state index in [1.165, 1.54) is 0 Å². The maximum absolute atomic E-state index is 11.6. The molecule has 1 aromatic heterocycles. The Morgan fingerprint density at radius 2 is 2.06 bits per heavy atom. The van der Waals surface area contributed by atoms with Crippen LogP contribution in [0.1, 0.15) is 5.56 Å². The van der Waals surface area contributed by atoms with E-state index in [1.54, 1.807) is 4.90 Å². The molecule has 3 nitrogen and oxygen atoms in total. The van der Waals surface area contributed by atoms with Crippen LogP contribution < -0.4 is 9.25 Å². The van der Waals surface area contributed by atoms with Crippen LogP contribution in [0, 0.1) is 0 Å². The van der Waals surface area contributed by atoms with Crippen molar-refractivity contribution in [1.29, 1.82) is 0 Å². The van der Waals surface area contributed by atoms with Crippen LogP contribution >= 0.6 is 0 Å². The molecule has 1 aliphatic heterocycles. The fourth-order valence-corrected chi connectivity index (χ4v) is 2.67. The minimum atomic E-state index is 0.154. The molecular formula is C14H11AsN2O. The van der Waals surface area contributed by atoms with Gasteiger partial charge in [0.25, 0.3) is 0 Å². The Balaban J connectivity index is 2.07. The summed E-state index contributed by atoms with van der Waals surface area (Å²) in [6.45, 7) is 0. The summed E-state index contributed by atoms with van der Waals surface area (Å²) in [6, 6.07) is 8.21. The third-order valence-corrected chi connectivity index (χ3v) is 3.73. The van der Waals surface area contributed by atoms with Crippen molar-refractivity contribution in [2.75, 3.05) is 11.9 Å². The van der Waals surface area contributed by atoms with E-state index in [0.29, 0.717) is 6.42 Å². The standard InChI is InChI=1S/C14H11AsN2O/c1-17-13-3-2-9(4-10(13)6-14(17)18)11-5-12(15)8-16-7-11/h2-5,7-8H,6H2,1H3. The molecule has 1 amide bonds. The second-order valence-corrected chi connectivity index (χ2v) is 5.49. The fraction of sp³-hybridized carbons (Fsp3) is 0.143. The van der Waals surface area contributed by atoms with Gasteiger partial charge in [0.2, 0.25) is 0 Å².